The molecule has 182 valence electrons. The fourth-order valence-corrected chi connectivity index (χ4v) is 10.7. The van der Waals surface area contributed by atoms with Gasteiger partial charge in [-0.2, -0.15) is 0 Å². The van der Waals surface area contributed by atoms with E-state index in [2.05, 4.69) is 11.8 Å². The molecule has 4 N–H and O–H groups in total. The summed E-state index contributed by atoms with van der Waals surface area (Å²) in [6.45, 7) is 4.33. The third-order valence-corrected chi connectivity index (χ3v) is 11.2. The molecule has 8 heteroatoms. The smallest absolute Gasteiger partial charge is 0.110 e. The molecule has 7 bridgehead atoms. The van der Waals surface area contributed by atoms with Crippen LogP contribution in [0.5, 0.6) is 0 Å². The lowest BCUT2D eigenvalue weighted by Crippen LogP contribution is -2.78. The van der Waals surface area contributed by atoms with Gasteiger partial charge in [0, 0.05) is 68.4 Å². The van der Waals surface area contributed by atoms with Crippen molar-refractivity contribution in [3.8, 4) is 0 Å². The molecule has 0 radical (unpaired) electrons. The van der Waals surface area contributed by atoms with Crippen molar-refractivity contribution in [3.05, 3.63) is 0 Å². The van der Waals surface area contributed by atoms with Crippen LogP contribution in [0.4, 0.5) is 0 Å². The Hall–Kier alpha value is -0.320. The van der Waals surface area contributed by atoms with E-state index in [1.807, 2.05) is 0 Å². The molecule has 32 heavy (non-hydrogen) atoms. The van der Waals surface area contributed by atoms with Gasteiger partial charge >= 0.3 is 0 Å². The van der Waals surface area contributed by atoms with Crippen LogP contribution in [0.3, 0.4) is 0 Å². The van der Waals surface area contributed by atoms with Crippen LogP contribution < -0.4 is 0 Å². The fraction of sp³-hybridized carbons (Fsp3) is 1.00. The maximum atomic E-state index is 12.5. The van der Waals surface area contributed by atoms with Gasteiger partial charge in [-0.1, -0.05) is 6.92 Å². The normalized spacial score (nSPS) is 62.4. The quantitative estimate of drug-likeness (QED) is 0.440. The van der Waals surface area contributed by atoms with Crippen LogP contribution in [0.1, 0.15) is 26.2 Å². The number of likely N-dealkylation sites (tertiary alicyclic amines) is 1. The van der Waals surface area contributed by atoms with E-state index in [-0.39, 0.29) is 35.3 Å². The van der Waals surface area contributed by atoms with Gasteiger partial charge in [0.05, 0.1) is 31.0 Å². The van der Waals surface area contributed by atoms with Crippen molar-refractivity contribution < 1.29 is 34.6 Å². The highest BCUT2D eigenvalue weighted by molar-refractivity contribution is 5.36. The molecule has 1 heterocycles. The number of fused-ring (bicyclic) bond motifs is 2. The average Bonchev–Trinajstić information content (AvgIpc) is 3.19. The zero-order chi connectivity index (χ0) is 22.8. The van der Waals surface area contributed by atoms with E-state index in [0.717, 1.165) is 19.5 Å². The molecular formula is C24H39NO7. The van der Waals surface area contributed by atoms with Gasteiger partial charge in [0.15, 0.2) is 0 Å². The van der Waals surface area contributed by atoms with E-state index in [4.69, 9.17) is 14.2 Å². The zero-order valence-electron chi connectivity index (χ0n) is 19.6. The molecule has 1 aliphatic heterocycles. The Morgan fingerprint density at radius 1 is 1.03 bits per heavy atom. The first kappa shape index (κ1) is 22.2. The van der Waals surface area contributed by atoms with E-state index in [1.54, 1.807) is 21.3 Å². The number of aliphatic hydroxyl groups is 4. The zero-order valence-corrected chi connectivity index (χ0v) is 19.6. The van der Waals surface area contributed by atoms with Crippen molar-refractivity contribution in [2.24, 2.45) is 40.4 Å². The summed E-state index contributed by atoms with van der Waals surface area (Å²) >= 11 is 0. The standard InChI is InChI=1S/C24H39NO7/c1-5-25-9-22(10-30-2)7-6-13(26)23-12-8-11-16(27)14(12)24(29,21(28)17(11)31-3)15(20(23)25)18(32-4)19(22)23/h11-21,26-29H,5-10H2,1-4H3/t11-,12+,13-,14+,15-,16-,17+,18-,19+,20?,21-,22-,23-,24+/m0/s1. The minimum Gasteiger partial charge on any atom is -0.392 e. The van der Waals surface area contributed by atoms with Gasteiger partial charge < -0.3 is 34.6 Å². The molecule has 0 aromatic heterocycles. The Bertz CT molecular complexity index is 783. The lowest BCUT2D eigenvalue weighted by atomic mass is 9.43. The summed E-state index contributed by atoms with van der Waals surface area (Å²) in [5, 5.41) is 47.3. The molecule has 0 amide bonds. The fourth-order valence-electron chi connectivity index (χ4n) is 10.7. The van der Waals surface area contributed by atoms with Crippen molar-refractivity contribution in [2.75, 3.05) is 41.0 Å². The second-order valence-electron chi connectivity index (χ2n) is 11.6. The highest BCUT2D eigenvalue weighted by Crippen LogP contribution is 2.79. The van der Waals surface area contributed by atoms with E-state index in [9.17, 15) is 20.4 Å². The maximum Gasteiger partial charge on any atom is 0.110 e. The molecule has 6 aliphatic rings. The molecule has 1 saturated heterocycles. The number of piperidine rings is 1. The molecular weight excluding hydrogens is 414 g/mol. The monoisotopic (exact) mass is 453 g/mol. The van der Waals surface area contributed by atoms with Gasteiger partial charge in [-0.3, -0.25) is 4.90 Å². The van der Waals surface area contributed by atoms with Crippen LogP contribution in [0.15, 0.2) is 0 Å². The molecule has 5 aliphatic carbocycles. The highest BCUT2D eigenvalue weighted by atomic mass is 16.5. The third kappa shape index (κ3) is 2.07. The van der Waals surface area contributed by atoms with Crippen LogP contribution >= 0.6 is 0 Å². The number of hydrogen-bond donors (Lipinski definition) is 4. The second kappa shape index (κ2) is 6.88. The number of nitrogens with zero attached hydrogens (tertiary/aromatic N) is 1. The SMILES string of the molecule is CCN1C[C@]2(COC)CC[C@H](O)[C@]34C1[C@H]([C@H](OC)[C@H]23)[C@]1(O)[C@H]2[C@@H](O)[C@H](C[C@H]24)[C@@H](OC)[C@@H]1O. The van der Waals surface area contributed by atoms with E-state index in [0.29, 0.717) is 19.4 Å². The first-order valence-electron chi connectivity index (χ1n) is 12.3. The topological polar surface area (TPSA) is 112 Å². The second-order valence-corrected chi connectivity index (χ2v) is 11.6. The number of methoxy groups -OCH3 is 3. The van der Waals surface area contributed by atoms with Crippen molar-refractivity contribution >= 4 is 0 Å². The van der Waals surface area contributed by atoms with Crippen molar-refractivity contribution in [1.29, 1.82) is 0 Å². The van der Waals surface area contributed by atoms with Crippen LogP contribution in [0.25, 0.3) is 0 Å². The van der Waals surface area contributed by atoms with Gasteiger partial charge in [-0.15, -0.1) is 0 Å². The van der Waals surface area contributed by atoms with Gasteiger partial charge in [0.25, 0.3) is 0 Å². The van der Waals surface area contributed by atoms with Crippen LogP contribution in [-0.2, 0) is 14.2 Å². The Morgan fingerprint density at radius 3 is 2.38 bits per heavy atom. The predicted molar refractivity (Wildman–Crippen MR) is 114 cm³/mol. The maximum absolute atomic E-state index is 12.5. The molecule has 0 aromatic carbocycles. The van der Waals surface area contributed by atoms with E-state index >= 15 is 0 Å². The lowest BCUT2D eigenvalue weighted by Gasteiger charge is -2.69. The van der Waals surface area contributed by atoms with Crippen LogP contribution in [-0.4, -0.2) is 109 Å². The van der Waals surface area contributed by atoms with Crippen LogP contribution in [0.2, 0.25) is 0 Å². The summed E-state index contributed by atoms with van der Waals surface area (Å²) < 4.78 is 17.7. The van der Waals surface area contributed by atoms with Gasteiger partial charge in [-0.05, 0) is 31.7 Å². The summed E-state index contributed by atoms with van der Waals surface area (Å²) in [5.41, 5.74) is -2.24. The summed E-state index contributed by atoms with van der Waals surface area (Å²) in [5.74, 6) is -1.29. The van der Waals surface area contributed by atoms with Crippen molar-refractivity contribution in [3.63, 3.8) is 0 Å². The number of rotatable bonds is 5. The van der Waals surface area contributed by atoms with Gasteiger partial charge in [0.1, 0.15) is 11.7 Å². The molecule has 14 atom stereocenters. The van der Waals surface area contributed by atoms with E-state index in [1.165, 1.54) is 0 Å². The molecule has 8 nitrogen and oxygen atoms in total. The predicted octanol–water partition coefficient (Wildman–Crippen LogP) is -0.527. The van der Waals surface area contributed by atoms with Crippen molar-refractivity contribution in [2.45, 2.75) is 68.3 Å². The van der Waals surface area contributed by atoms with Gasteiger partial charge in [0.2, 0.25) is 0 Å². The molecule has 1 spiro atoms. The Kier molecular flexibility index (Phi) is 4.76. The molecule has 5 saturated carbocycles. The first-order chi connectivity index (χ1) is 15.3. The third-order valence-electron chi connectivity index (χ3n) is 11.2. The summed E-state index contributed by atoms with van der Waals surface area (Å²) in [4.78, 5) is 2.42. The van der Waals surface area contributed by atoms with Gasteiger partial charge in [-0.25, -0.2) is 0 Å². The molecule has 6 fully saturated rings. The molecule has 1 unspecified atom stereocenters. The number of ether oxygens (including phenoxy) is 3. The molecule has 6 rings (SSSR count). The van der Waals surface area contributed by atoms with E-state index < -0.39 is 47.3 Å². The number of hydrogen-bond acceptors (Lipinski definition) is 8. The minimum atomic E-state index is -1.54. The number of aliphatic hydroxyl groups excluding tert-OH is 3. The largest absolute Gasteiger partial charge is 0.392 e. The summed E-state index contributed by atoms with van der Waals surface area (Å²) in [6.07, 6.45) is -1.22. The van der Waals surface area contributed by atoms with Crippen LogP contribution in [0, 0.1) is 40.4 Å². The first-order valence-corrected chi connectivity index (χ1v) is 12.3. The summed E-state index contributed by atoms with van der Waals surface area (Å²) in [6, 6.07) is -0.120. The van der Waals surface area contributed by atoms with Crippen molar-refractivity contribution in [1.82, 2.24) is 4.90 Å². The Labute approximate surface area is 189 Å². The molecule has 0 aromatic rings. The average molecular weight is 454 g/mol. The Balaban J connectivity index is 1.64. The Morgan fingerprint density at radius 2 is 1.75 bits per heavy atom. The lowest BCUT2D eigenvalue weighted by molar-refractivity contribution is -0.297. The highest BCUT2D eigenvalue weighted by Gasteiger charge is 2.87. The minimum absolute atomic E-state index is 0.000250. The summed E-state index contributed by atoms with van der Waals surface area (Å²) in [7, 11) is 4.98.